The minimum Gasteiger partial charge on any atom is -0.484 e. The van der Waals surface area contributed by atoms with Crippen molar-refractivity contribution in [2.45, 2.75) is 18.4 Å². The number of methoxy groups -OCH3 is 1. The maximum Gasteiger partial charge on any atom is 0.260 e. The fourth-order valence-corrected chi connectivity index (χ4v) is 5.40. The molecule has 0 aromatic heterocycles. The number of piperidine rings is 1. The maximum absolute atomic E-state index is 12.9. The molecule has 3 aliphatic rings. The summed E-state index contributed by atoms with van der Waals surface area (Å²) in [6.07, 6.45) is 1.68. The Morgan fingerprint density at radius 1 is 1.17 bits per heavy atom. The van der Waals surface area contributed by atoms with Crippen LogP contribution in [-0.2, 0) is 14.3 Å². The van der Waals surface area contributed by atoms with Gasteiger partial charge in [-0.15, -0.1) is 0 Å². The molecule has 0 unspecified atom stereocenters. The van der Waals surface area contributed by atoms with Gasteiger partial charge >= 0.3 is 0 Å². The molecule has 1 aromatic rings. The van der Waals surface area contributed by atoms with Crippen LogP contribution in [0.3, 0.4) is 0 Å². The van der Waals surface area contributed by atoms with Crippen LogP contribution in [0.5, 0.6) is 5.75 Å². The van der Waals surface area contributed by atoms with Crippen LogP contribution in [0.4, 0.5) is 0 Å². The number of carbonyl (C=O) groups is 2. The Hall–Kier alpha value is -2.12. The topological polar surface area (TPSA) is 62.3 Å². The van der Waals surface area contributed by atoms with Crippen molar-refractivity contribution in [1.82, 2.24) is 14.7 Å². The van der Waals surface area contributed by atoms with Gasteiger partial charge in [-0.3, -0.25) is 14.5 Å². The predicted octanol–water partition coefficient (Wildman–Crippen LogP) is 1.09. The molecule has 0 saturated carbocycles. The lowest BCUT2D eigenvalue weighted by Crippen LogP contribution is -2.57. The number of rotatable bonds is 6. The number of likely N-dealkylation sites (tertiary alicyclic amines) is 3. The quantitative estimate of drug-likeness (QED) is 0.714. The average molecular weight is 402 g/mol. The van der Waals surface area contributed by atoms with Crippen molar-refractivity contribution >= 4 is 11.8 Å². The first-order valence-corrected chi connectivity index (χ1v) is 10.5. The number of para-hydroxylation sites is 1. The van der Waals surface area contributed by atoms with E-state index in [1.807, 2.05) is 47.2 Å². The molecule has 2 amide bonds. The molecule has 3 saturated heterocycles. The summed E-state index contributed by atoms with van der Waals surface area (Å²) >= 11 is 0. The largest absolute Gasteiger partial charge is 0.484 e. The van der Waals surface area contributed by atoms with Crippen LogP contribution in [0.25, 0.3) is 0 Å². The monoisotopic (exact) mass is 401 g/mol. The van der Waals surface area contributed by atoms with Gasteiger partial charge in [-0.1, -0.05) is 18.2 Å². The first kappa shape index (κ1) is 20.2. The van der Waals surface area contributed by atoms with Gasteiger partial charge in [-0.05, 0) is 25.0 Å². The van der Waals surface area contributed by atoms with E-state index in [1.165, 1.54) is 0 Å². The summed E-state index contributed by atoms with van der Waals surface area (Å²) < 4.78 is 10.8. The molecule has 3 heterocycles. The van der Waals surface area contributed by atoms with Crippen LogP contribution in [-0.4, -0.2) is 92.1 Å². The van der Waals surface area contributed by atoms with Crippen molar-refractivity contribution in [3.8, 4) is 5.75 Å². The minimum absolute atomic E-state index is 0.0142. The number of benzene rings is 1. The molecule has 158 valence electrons. The van der Waals surface area contributed by atoms with Crippen molar-refractivity contribution in [2.75, 3.05) is 60.1 Å². The molecule has 1 aromatic carbocycles. The molecule has 7 heteroatoms. The Morgan fingerprint density at radius 2 is 1.90 bits per heavy atom. The number of carbonyl (C=O) groups excluding carboxylic acids is 2. The van der Waals surface area contributed by atoms with Gasteiger partial charge in [0.05, 0.1) is 18.1 Å². The van der Waals surface area contributed by atoms with E-state index in [1.54, 1.807) is 7.11 Å². The molecule has 29 heavy (non-hydrogen) atoms. The Morgan fingerprint density at radius 3 is 2.59 bits per heavy atom. The summed E-state index contributed by atoms with van der Waals surface area (Å²) in [5.41, 5.74) is -0.124. The van der Waals surface area contributed by atoms with Crippen molar-refractivity contribution in [1.29, 1.82) is 0 Å². The third-order valence-electron chi connectivity index (χ3n) is 7.10. The lowest BCUT2D eigenvalue weighted by Gasteiger charge is -2.46. The molecule has 0 bridgehead atoms. The number of hydrogen-bond acceptors (Lipinski definition) is 5. The molecule has 2 atom stereocenters. The summed E-state index contributed by atoms with van der Waals surface area (Å²) in [6, 6.07) is 9.42. The summed E-state index contributed by atoms with van der Waals surface area (Å²) in [5.74, 6) is 1.41. The second kappa shape index (κ2) is 8.32. The average Bonchev–Trinajstić information content (AvgIpc) is 3.26. The molecule has 0 radical (unpaired) electrons. The van der Waals surface area contributed by atoms with Gasteiger partial charge in [-0.25, -0.2) is 0 Å². The molecular formula is C22H31N3O4. The number of amides is 2. The molecule has 3 fully saturated rings. The first-order chi connectivity index (χ1) is 14.0. The van der Waals surface area contributed by atoms with Crippen LogP contribution in [0, 0.1) is 11.8 Å². The molecule has 0 N–H and O–H groups in total. The lowest BCUT2D eigenvalue weighted by atomic mass is 9.75. The third-order valence-corrected chi connectivity index (χ3v) is 7.10. The smallest absolute Gasteiger partial charge is 0.260 e. The molecule has 0 aliphatic carbocycles. The van der Waals surface area contributed by atoms with Crippen LogP contribution in [0.15, 0.2) is 30.3 Å². The zero-order valence-electron chi connectivity index (χ0n) is 17.4. The van der Waals surface area contributed by atoms with Gasteiger partial charge < -0.3 is 19.3 Å². The highest BCUT2D eigenvalue weighted by molar-refractivity contribution is 5.84. The third kappa shape index (κ3) is 3.73. The van der Waals surface area contributed by atoms with Crippen molar-refractivity contribution in [2.24, 2.45) is 11.8 Å². The number of ether oxygens (including phenoxy) is 2. The Balaban J connectivity index is 1.36. The van der Waals surface area contributed by atoms with Crippen LogP contribution < -0.4 is 4.74 Å². The second-order valence-corrected chi connectivity index (χ2v) is 8.45. The highest BCUT2D eigenvalue weighted by Crippen LogP contribution is 2.48. The van der Waals surface area contributed by atoms with Crippen molar-refractivity contribution < 1.29 is 19.1 Å². The van der Waals surface area contributed by atoms with Crippen molar-refractivity contribution in [3.05, 3.63) is 30.3 Å². The van der Waals surface area contributed by atoms with E-state index in [2.05, 4.69) is 4.90 Å². The fourth-order valence-electron chi connectivity index (χ4n) is 5.40. The number of hydrogen-bond donors (Lipinski definition) is 0. The Kier molecular flexibility index (Phi) is 5.79. The molecule has 3 aliphatic heterocycles. The first-order valence-electron chi connectivity index (χ1n) is 10.5. The van der Waals surface area contributed by atoms with Gasteiger partial charge in [0.2, 0.25) is 5.91 Å². The van der Waals surface area contributed by atoms with Gasteiger partial charge in [-0.2, -0.15) is 0 Å². The van der Waals surface area contributed by atoms with Crippen LogP contribution in [0.2, 0.25) is 0 Å². The van der Waals surface area contributed by atoms with E-state index in [9.17, 15) is 9.59 Å². The van der Waals surface area contributed by atoms with E-state index < -0.39 is 0 Å². The minimum atomic E-state index is -0.124. The maximum atomic E-state index is 12.9. The summed E-state index contributed by atoms with van der Waals surface area (Å²) in [4.78, 5) is 31.8. The highest BCUT2D eigenvalue weighted by atomic mass is 16.5. The summed E-state index contributed by atoms with van der Waals surface area (Å²) in [7, 11) is 3.67. The van der Waals surface area contributed by atoms with E-state index in [0.717, 1.165) is 32.5 Å². The number of fused-ring (bicyclic) bond motifs is 2. The van der Waals surface area contributed by atoms with Crippen molar-refractivity contribution in [3.63, 3.8) is 0 Å². The second-order valence-electron chi connectivity index (χ2n) is 8.45. The van der Waals surface area contributed by atoms with Crippen LogP contribution in [0.1, 0.15) is 12.8 Å². The van der Waals surface area contributed by atoms with Gasteiger partial charge in [0, 0.05) is 52.8 Å². The lowest BCUT2D eigenvalue weighted by molar-refractivity contribution is -0.138. The van der Waals surface area contributed by atoms with E-state index in [-0.39, 0.29) is 29.9 Å². The standard InChI is InChI=1S/C22H31N3O4/c1-23-21(27)18-14-24(12-13-28-2)15-19(18)22(23)8-10-25(11-9-22)20(26)16-29-17-6-4-3-5-7-17/h3-7,18-19H,8-16H2,1-2H3/t18-,19+/m1/s1. The summed E-state index contributed by atoms with van der Waals surface area (Å²) in [5, 5.41) is 0. The van der Waals surface area contributed by atoms with Crippen LogP contribution >= 0.6 is 0 Å². The zero-order chi connectivity index (χ0) is 20.4. The van der Waals surface area contributed by atoms with Gasteiger partial charge in [0.15, 0.2) is 6.61 Å². The SMILES string of the molecule is COCCN1C[C@H]2C(=O)N(C)C3(CCN(C(=O)COc4ccccc4)CC3)[C@H]2C1. The fraction of sp³-hybridized carbons (Fsp3) is 0.636. The predicted molar refractivity (Wildman–Crippen MR) is 109 cm³/mol. The summed E-state index contributed by atoms with van der Waals surface area (Å²) in [6.45, 7) is 4.74. The molecule has 4 rings (SSSR count). The molecule has 7 nitrogen and oxygen atoms in total. The van der Waals surface area contributed by atoms with Gasteiger partial charge in [0.1, 0.15) is 5.75 Å². The van der Waals surface area contributed by atoms with E-state index in [4.69, 9.17) is 9.47 Å². The Labute approximate surface area is 172 Å². The van der Waals surface area contributed by atoms with Gasteiger partial charge in [0.25, 0.3) is 5.91 Å². The zero-order valence-corrected chi connectivity index (χ0v) is 17.4. The molecule has 1 spiro atoms. The van der Waals surface area contributed by atoms with E-state index >= 15 is 0 Å². The normalized spacial score (nSPS) is 26.2. The highest BCUT2D eigenvalue weighted by Gasteiger charge is 2.60. The van der Waals surface area contributed by atoms with E-state index in [0.29, 0.717) is 31.4 Å². The number of nitrogens with zero attached hydrogens (tertiary/aromatic N) is 3. The molecular weight excluding hydrogens is 370 g/mol. The Bertz CT molecular complexity index is 733.